The van der Waals surface area contributed by atoms with Gasteiger partial charge < -0.3 is 4.84 Å². The Morgan fingerprint density at radius 1 is 1.15 bits per heavy atom. The third-order valence-corrected chi connectivity index (χ3v) is 7.73. The van der Waals surface area contributed by atoms with Crippen LogP contribution in [0.1, 0.15) is 58.4 Å². The molecule has 3 fully saturated rings. The first-order valence-electron chi connectivity index (χ1n) is 10.0. The molecule has 0 heterocycles. The molecule has 0 amide bonds. The molecule has 4 rings (SSSR count). The van der Waals surface area contributed by atoms with Gasteiger partial charge in [0.2, 0.25) is 0 Å². The second kappa shape index (κ2) is 6.71. The molecule has 26 heavy (non-hydrogen) atoms. The summed E-state index contributed by atoms with van der Waals surface area (Å²) in [4.78, 5) is 5.57. The molecule has 3 saturated carbocycles. The molecule has 4 atom stereocenters. The molecule has 1 aromatic rings. The summed E-state index contributed by atoms with van der Waals surface area (Å²) in [5, 5.41) is 4.88. The van der Waals surface area contributed by atoms with Crippen LogP contribution in [0.15, 0.2) is 41.1 Å². The van der Waals surface area contributed by atoms with Gasteiger partial charge >= 0.3 is 0 Å². The highest BCUT2D eigenvalue weighted by Gasteiger charge is 2.62. The molecule has 1 aromatic carbocycles. The lowest BCUT2D eigenvalue weighted by molar-refractivity contribution is 0.141. The van der Waals surface area contributed by atoms with Crippen LogP contribution in [0.5, 0.6) is 0 Å². The van der Waals surface area contributed by atoms with Gasteiger partial charge in [0.25, 0.3) is 0 Å². The Kier molecular flexibility index (Phi) is 4.67. The van der Waals surface area contributed by atoms with E-state index in [-0.39, 0.29) is 0 Å². The number of halogens is 1. The van der Waals surface area contributed by atoms with Gasteiger partial charge in [0.1, 0.15) is 6.61 Å². The van der Waals surface area contributed by atoms with Crippen LogP contribution in [0.3, 0.4) is 0 Å². The monoisotopic (exact) mass is 371 g/mol. The number of benzene rings is 1. The minimum Gasteiger partial charge on any atom is -0.392 e. The van der Waals surface area contributed by atoms with Crippen LogP contribution in [0.2, 0.25) is 5.02 Å². The van der Waals surface area contributed by atoms with Gasteiger partial charge in [0.15, 0.2) is 0 Å². The molecule has 3 aliphatic rings. The van der Waals surface area contributed by atoms with Crippen molar-refractivity contribution in [1.29, 1.82) is 0 Å². The largest absolute Gasteiger partial charge is 0.392 e. The Balaban J connectivity index is 1.45. The van der Waals surface area contributed by atoms with Crippen molar-refractivity contribution in [3.05, 3.63) is 46.5 Å². The van der Waals surface area contributed by atoms with Crippen LogP contribution in [0, 0.1) is 28.6 Å². The Labute approximate surface area is 162 Å². The smallest absolute Gasteiger partial charge is 0.135 e. The highest BCUT2D eigenvalue weighted by Crippen LogP contribution is 2.70. The van der Waals surface area contributed by atoms with Gasteiger partial charge in [-0.1, -0.05) is 61.7 Å². The molecule has 0 unspecified atom stereocenters. The summed E-state index contributed by atoms with van der Waals surface area (Å²) in [5.41, 5.74) is 3.55. The first kappa shape index (κ1) is 18.1. The molecule has 140 valence electrons. The molecule has 2 nitrogen and oxygen atoms in total. The molecule has 3 heteroatoms. The highest BCUT2D eigenvalue weighted by molar-refractivity contribution is 6.30. The summed E-state index contributed by atoms with van der Waals surface area (Å²) >= 11 is 5.90. The second-order valence-electron chi connectivity index (χ2n) is 9.32. The molecule has 0 aromatic heterocycles. The predicted octanol–water partition coefficient (Wildman–Crippen LogP) is 6.49. The van der Waals surface area contributed by atoms with E-state index in [4.69, 9.17) is 16.4 Å². The van der Waals surface area contributed by atoms with Gasteiger partial charge in [0.05, 0.1) is 6.21 Å². The number of allylic oxidation sites excluding steroid dienone is 1. The molecule has 0 aliphatic heterocycles. The van der Waals surface area contributed by atoms with Crippen molar-refractivity contribution in [2.75, 3.05) is 6.61 Å². The molecule has 4 bridgehead atoms. The first-order chi connectivity index (χ1) is 12.4. The second-order valence-corrected chi connectivity index (χ2v) is 9.75. The SMILES string of the molecule is CC1(C)CCC[C@]2(C)C(=CCO/N=C/c3ccc(Cl)cc3)[C@H]3CC[C@@H]2[C@@H]31. The topological polar surface area (TPSA) is 21.6 Å². The highest BCUT2D eigenvalue weighted by atomic mass is 35.5. The van der Waals surface area contributed by atoms with Gasteiger partial charge in [-0.15, -0.1) is 0 Å². The van der Waals surface area contributed by atoms with Crippen LogP contribution >= 0.6 is 11.6 Å². The van der Waals surface area contributed by atoms with E-state index in [1.165, 1.54) is 32.1 Å². The summed E-state index contributed by atoms with van der Waals surface area (Å²) in [6, 6.07) is 7.62. The third-order valence-electron chi connectivity index (χ3n) is 7.48. The van der Waals surface area contributed by atoms with Crippen LogP contribution in [0.4, 0.5) is 0 Å². The van der Waals surface area contributed by atoms with E-state index in [0.29, 0.717) is 17.4 Å². The van der Waals surface area contributed by atoms with Crippen molar-refractivity contribution in [2.24, 2.45) is 33.7 Å². The average Bonchev–Trinajstić information content (AvgIpc) is 3.10. The van der Waals surface area contributed by atoms with Crippen molar-refractivity contribution < 1.29 is 4.84 Å². The summed E-state index contributed by atoms with van der Waals surface area (Å²) in [5.74, 6) is 2.50. The summed E-state index contributed by atoms with van der Waals surface area (Å²) in [7, 11) is 0. The molecule has 0 radical (unpaired) electrons. The normalized spacial score (nSPS) is 36.6. The summed E-state index contributed by atoms with van der Waals surface area (Å²) in [6.07, 6.45) is 11.0. The summed E-state index contributed by atoms with van der Waals surface area (Å²) in [6.45, 7) is 8.11. The Hall–Kier alpha value is -1.28. The summed E-state index contributed by atoms with van der Waals surface area (Å²) < 4.78 is 0. The van der Waals surface area contributed by atoms with E-state index >= 15 is 0 Å². The number of hydrogen-bond acceptors (Lipinski definition) is 2. The van der Waals surface area contributed by atoms with Crippen LogP contribution in [-0.4, -0.2) is 12.8 Å². The van der Waals surface area contributed by atoms with E-state index in [9.17, 15) is 0 Å². The van der Waals surface area contributed by atoms with E-state index < -0.39 is 0 Å². The van der Waals surface area contributed by atoms with Gasteiger partial charge in [-0.2, -0.15) is 0 Å². The molecule has 0 saturated heterocycles. The Bertz CT molecular complexity index is 720. The minimum atomic E-state index is 0.393. The van der Waals surface area contributed by atoms with Gasteiger partial charge in [-0.05, 0) is 78.0 Å². The lowest BCUT2D eigenvalue weighted by Crippen LogP contribution is -2.28. The zero-order valence-corrected chi connectivity index (χ0v) is 16.9. The molecule has 0 N–H and O–H groups in total. The average molecular weight is 372 g/mol. The number of hydrogen-bond donors (Lipinski definition) is 0. The maximum atomic E-state index is 5.90. The lowest BCUT2D eigenvalue weighted by atomic mass is 9.68. The maximum absolute atomic E-state index is 5.90. The predicted molar refractivity (Wildman–Crippen MR) is 109 cm³/mol. The Morgan fingerprint density at radius 2 is 1.92 bits per heavy atom. The van der Waals surface area contributed by atoms with Gasteiger partial charge in [0, 0.05) is 5.02 Å². The van der Waals surface area contributed by atoms with Crippen LogP contribution in [0.25, 0.3) is 0 Å². The number of oxime groups is 1. The standard InChI is InChI=1S/C23H30ClNO/c1-22(2)12-4-13-23(3)19(18-9-10-20(23)21(18)22)11-14-26-25-15-16-5-7-17(24)8-6-16/h5-8,11,15,18,20-21H,4,9-10,12-14H2,1-3H3/b19-11?,25-15+/t18-,20-,21-,23-/m1/s1. The van der Waals surface area contributed by atoms with E-state index in [2.05, 4.69) is 32.0 Å². The quantitative estimate of drug-likeness (QED) is 0.256. The van der Waals surface area contributed by atoms with Gasteiger partial charge in [-0.25, -0.2) is 0 Å². The number of rotatable bonds is 4. The minimum absolute atomic E-state index is 0.393. The lowest BCUT2D eigenvalue weighted by Gasteiger charge is -2.36. The molecular weight excluding hydrogens is 342 g/mol. The number of nitrogens with zero attached hydrogens (tertiary/aromatic N) is 1. The first-order valence-corrected chi connectivity index (χ1v) is 10.4. The Morgan fingerprint density at radius 3 is 2.69 bits per heavy atom. The van der Waals surface area contributed by atoms with E-state index in [1.54, 1.807) is 11.8 Å². The van der Waals surface area contributed by atoms with Crippen LogP contribution in [-0.2, 0) is 4.84 Å². The fourth-order valence-corrected chi connectivity index (χ4v) is 6.52. The van der Waals surface area contributed by atoms with E-state index in [1.807, 2.05) is 24.3 Å². The van der Waals surface area contributed by atoms with E-state index in [0.717, 1.165) is 28.3 Å². The van der Waals surface area contributed by atoms with Crippen molar-refractivity contribution in [3.8, 4) is 0 Å². The zero-order chi connectivity index (χ0) is 18.4. The fraction of sp³-hybridized carbons (Fsp3) is 0.609. The fourth-order valence-electron chi connectivity index (χ4n) is 6.40. The zero-order valence-electron chi connectivity index (χ0n) is 16.2. The maximum Gasteiger partial charge on any atom is 0.135 e. The molecular formula is C23H30ClNO. The van der Waals surface area contributed by atoms with Crippen molar-refractivity contribution in [2.45, 2.75) is 52.9 Å². The van der Waals surface area contributed by atoms with Crippen molar-refractivity contribution >= 4 is 17.8 Å². The van der Waals surface area contributed by atoms with Crippen molar-refractivity contribution in [1.82, 2.24) is 0 Å². The molecule has 3 aliphatic carbocycles. The van der Waals surface area contributed by atoms with Crippen LogP contribution < -0.4 is 0 Å². The third kappa shape index (κ3) is 3.01. The van der Waals surface area contributed by atoms with Crippen molar-refractivity contribution in [3.63, 3.8) is 0 Å². The molecule has 0 spiro atoms. The van der Waals surface area contributed by atoms with Gasteiger partial charge in [-0.3, -0.25) is 0 Å².